The van der Waals surface area contributed by atoms with Gasteiger partial charge in [-0.3, -0.25) is 0 Å². The topological polar surface area (TPSA) is 80.3 Å². The summed E-state index contributed by atoms with van der Waals surface area (Å²) in [4.78, 5) is 0. The van der Waals surface area contributed by atoms with Gasteiger partial charge in [-0.2, -0.15) is 21.6 Å². The molecular weight excluding hydrogens is 253 g/mol. The Kier molecular flexibility index (Phi) is 5.42. The number of nitrogens with one attached hydrogen (secondary N) is 1. The normalized spacial score (nSPS) is 13.5. The first-order valence-corrected chi connectivity index (χ1v) is 4.87. The molecule has 0 radical (unpaired) electrons. The van der Waals surface area contributed by atoms with E-state index in [1.54, 1.807) is 0 Å². The van der Waals surface area contributed by atoms with Crippen LogP contribution >= 0.6 is 0 Å². The van der Waals surface area contributed by atoms with Gasteiger partial charge < -0.3 is 0 Å². The van der Waals surface area contributed by atoms with Crippen molar-refractivity contribution in [2.75, 3.05) is 0 Å². The van der Waals surface area contributed by atoms with Gasteiger partial charge >= 0.3 is 55.5 Å². The molecule has 0 amide bonds. The van der Waals surface area contributed by atoms with Crippen molar-refractivity contribution in [2.24, 2.45) is 0 Å². The SMILES string of the molecule is O=S(=O)(F)NS(=O)(=O)C(F)(F)F.[NaH]. The van der Waals surface area contributed by atoms with Crippen molar-refractivity contribution < 1.29 is 33.9 Å². The van der Waals surface area contributed by atoms with Gasteiger partial charge in [0.15, 0.2) is 0 Å². The molecule has 5 nitrogen and oxygen atoms in total. The number of hydrogen-bond acceptors (Lipinski definition) is 4. The summed E-state index contributed by atoms with van der Waals surface area (Å²) in [7, 11) is -12.1. The number of halogens is 4. The van der Waals surface area contributed by atoms with Crippen molar-refractivity contribution in [3.8, 4) is 0 Å². The monoisotopic (exact) mass is 255 g/mol. The first-order valence-electron chi connectivity index (χ1n) is 2.00. The van der Waals surface area contributed by atoms with E-state index in [1.165, 1.54) is 0 Å². The van der Waals surface area contributed by atoms with Gasteiger partial charge in [0.25, 0.3) is 0 Å². The third-order valence-electron chi connectivity index (χ3n) is 0.514. The van der Waals surface area contributed by atoms with E-state index in [4.69, 9.17) is 0 Å². The summed E-state index contributed by atoms with van der Waals surface area (Å²) in [5, 5.41) is 0. The van der Waals surface area contributed by atoms with Crippen molar-refractivity contribution in [1.82, 2.24) is 4.13 Å². The standard InChI is InChI=1S/CHF4NO4S2.Na.H/c2-1(3,4)11(7,8)6-12(5,9)10;;/h6H;;. The number of hydrogen-bond donors (Lipinski definition) is 1. The predicted octanol–water partition coefficient (Wildman–Crippen LogP) is -1.01. The Bertz CT molecular complexity index is 354. The maximum absolute atomic E-state index is 11.4. The van der Waals surface area contributed by atoms with Crippen LogP contribution in [0.2, 0.25) is 0 Å². The summed E-state index contributed by atoms with van der Waals surface area (Å²) in [5.41, 5.74) is -5.86. The van der Waals surface area contributed by atoms with E-state index in [1.807, 2.05) is 0 Å². The fourth-order valence-corrected chi connectivity index (χ4v) is 1.60. The molecule has 0 heterocycles. The van der Waals surface area contributed by atoms with Gasteiger partial charge in [-0.15, -0.1) is 0 Å². The summed E-state index contributed by atoms with van der Waals surface area (Å²) >= 11 is 0. The first-order chi connectivity index (χ1) is 4.96. The maximum atomic E-state index is 11.4. The molecule has 0 unspecified atom stereocenters. The molecule has 13 heavy (non-hydrogen) atoms. The summed E-state index contributed by atoms with van der Waals surface area (Å²) in [6.07, 6.45) is 0. The molecule has 0 aromatic carbocycles. The molecule has 1 N–H and O–H groups in total. The summed E-state index contributed by atoms with van der Waals surface area (Å²) in [6.45, 7) is 0. The van der Waals surface area contributed by atoms with E-state index in [-0.39, 0.29) is 33.7 Å². The average Bonchev–Trinajstić information content (AvgIpc) is 1.52. The van der Waals surface area contributed by atoms with Gasteiger partial charge in [-0.05, 0) is 0 Å². The molecule has 0 aliphatic rings. The molecule has 0 spiro atoms. The Morgan fingerprint density at radius 2 is 1.31 bits per heavy atom. The molecule has 0 rings (SSSR count). The molecule has 76 valence electrons. The van der Waals surface area contributed by atoms with Crippen LogP contribution < -0.4 is 4.13 Å². The summed E-state index contributed by atoms with van der Waals surface area (Å²) < 4.78 is 83.5. The Balaban J connectivity index is 0. The van der Waals surface area contributed by atoms with E-state index in [9.17, 15) is 33.9 Å². The molecule has 0 fully saturated rings. The van der Waals surface area contributed by atoms with Crippen LogP contribution in [0.1, 0.15) is 0 Å². The number of alkyl halides is 3. The van der Waals surface area contributed by atoms with Crippen LogP contribution in [-0.4, -0.2) is 51.9 Å². The molecule has 0 aliphatic heterocycles. The molecule has 0 aromatic rings. The van der Waals surface area contributed by atoms with E-state index >= 15 is 0 Å². The molecule has 0 bridgehead atoms. The van der Waals surface area contributed by atoms with Crippen LogP contribution in [0.15, 0.2) is 0 Å². The molecule has 0 saturated carbocycles. The Morgan fingerprint density at radius 1 is 1.00 bits per heavy atom. The molecular formula is CH2F4NNaO4S2. The molecule has 0 atom stereocenters. The minimum absolute atomic E-state index is 0. The zero-order chi connectivity index (χ0) is 10.2. The van der Waals surface area contributed by atoms with Crippen LogP contribution in [0.3, 0.4) is 0 Å². The van der Waals surface area contributed by atoms with Gasteiger partial charge in [0.2, 0.25) is 0 Å². The van der Waals surface area contributed by atoms with Crippen molar-refractivity contribution in [2.45, 2.75) is 5.51 Å². The second-order valence-corrected chi connectivity index (χ2v) is 4.48. The van der Waals surface area contributed by atoms with E-state index in [2.05, 4.69) is 0 Å². The second kappa shape index (κ2) is 4.40. The van der Waals surface area contributed by atoms with Crippen molar-refractivity contribution in [1.29, 1.82) is 0 Å². The minimum atomic E-state index is -6.17. The predicted molar refractivity (Wildman–Crippen MR) is 35.3 cm³/mol. The van der Waals surface area contributed by atoms with Crippen LogP contribution in [0.4, 0.5) is 17.1 Å². The first kappa shape index (κ1) is 16.0. The van der Waals surface area contributed by atoms with Gasteiger partial charge in [0, 0.05) is 0 Å². The third-order valence-corrected chi connectivity index (χ3v) is 2.80. The molecule has 0 aliphatic carbocycles. The number of rotatable bonds is 2. The Hall–Kier alpha value is 0.580. The van der Waals surface area contributed by atoms with Crippen LogP contribution in [0, 0.1) is 0 Å². The van der Waals surface area contributed by atoms with Crippen LogP contribution in [0.25, 0.3) is 0 Å². The average molecular weight is 255 g/mol. The molecule has 0 aromatic heterocycles. The van der Waals surface area contributed by atoms with Gasteiger partial charge in [0.05, 0.1) is 0 Å². The summed E-state index contributed by atoms with van der Waals surface area (Å²) in [5.74, 6) is 0. The van der Waals surface area contributed by atoms with Crippen LogP contribution in [-0.2, 0) is 20.4 Å². The molecule has 0 saturated heterocycles. The van der Waals surface area contributed by atoms with Crippen molar-refractivity contribution in [3.63, 3.8) is 0 Å². The van der Waals surface area contributed by atoms with Crippen molar-refractivity contribution >= 4 is 50.0 Å². The van der Waals surface area contributed by atoms with E-state index in [0.29, 0.717) is 0 Å². The fraction of sp³-hybridized carbons (Fsp3) is 1.00. The number of sulfonamides is 1. The fourth-order valence-electron chi connectivity index (χ4n) is 0.178. The Morgan fingerprint density at radius 3 is 1.38 bits per heavy atom. The quantitative estimate of drug-likeness (QED) is 0.389. The van der Waals surface area contributed by atoms with Gasteiger partial charge in [-0.1, -0.05) is 8.01 Å². The Labute approximate surface area is 93.2 Å². The second-order valence-electron chi connectivity index (χ2n) is 1.47. The summed E-state index contributed by atoms with van der Waals surface area (Å²) in [6, 6.07) is 0. The molecule has 12 heteroatoms. The third kappa shape index (κ3) is 5.80. The zero-order valence-corrected chi connectivity index (χ0v) is 6.59. The van der Waals surface area contributed by atoms with Gasteiger partial charge in [-0.25, -0.2) is 8.42 Å². The zero-order valence-electron chi connectivity index (χ0n) is 4.96. The van der Waals surface area contributed by atoms with Gasteiger partial charge in [0.1, 0.15) is 0 Å². The van der Waals surface area contributed by atoms with E-state index < -0.39 is 25.9 Å². The van der Waals surface area contributed by atoms with Crippen molar-refractivity contribution in [3.05, 3.63) is 0 Å². The van der Waals surface area contributed by atoms with E-state index in [0.717, 1.165) is 0 Å². The van der Waals surface area contributed by atoms with Crippen LogP contribution in [0.5, 0.6) is 0 Å².